The summed E-state index contributed by atoms with van der Waals surface area (Å²) in [4.78, 5) is 26.0. The summed E-state index contributed by atoms with van der Waals surface area (Å²) in [5.41, 5.74) is 0.963. The number of esters is 1. The number of rotatable bonds is 7. The van der Waals surface area contributed by atoms with Crippen LogP contribution in [0.4, 0.5) is 4.39 Å². The number of carbonyl (C=O) groups is 2. The molecule has 4 rings (SSSR count). The summed E-state index contributed by atoms with van der Waals surface area (Å²) < 4.78 is 25.4. The molecule has 1 aliphatic heterocycles. The van der Waals surface area contributed by atoms with Crippen molar-refractivity contribution in [3.05, 3.63) is 71.2 Å². The minimum atomic E-state index is -1.09. The average Bonchev–Trinajstić information content (AvgIpc) is 3.16. The number of amides is 1. The SMILES string of the molecule is COC(=O)c1cc(Oc2ccc(-c3ccc(C(C)(C)O)nn3)cc2)c(CN2CC(C)CC2=O)cc1F. The van der Waals surface area contributed by atoms with Crippen molar-refractivity contribution in [1.82, 2.24) is 15.1 Å². The van der Waals surface area contributed by atoms with Crippen LogP contribution in [-0.4, -0.2) is 45.7 Å². The predicted molar refractivity (Wildman–Crippen MR) is 130 cm³/mol. The number of hydrogen-bond donors (Lipinski definition) is 1. The van der Waals surface area contributed by atoms with Gasteiger partial charge in [-0.3, -0.25) is 4.79 Å². The molecule has 1 unspecified atom stereocenters. The van der Waals surface area contributed by atoms with Crippen LogP contribution in [0.25, 0.3) is 11.3 Å². The van der Waals surface area contributed by atoms with Gasteiger partial charge in [-0.2, -0.15) is 10.2 Å². The van der Waals surface area contributed by atoms with E-state index in [0.29, 0.717) is 35.7 Å². The first-order valence-corrected chi connectivity index (χ1v) is 11.6. The van der Waals surface area contributed by atoms with Crippen molar-refractivity contribution in [1.29, 1.82) is 0 Å². The summed E-state index contributed by atoms with van der Waals surface area (Å²) in [5.74, 6) is -0.650. The van der Waals surface area contributed by atoms with Gasteiger partial charge in [-0.25, -0.2) is 9.18 Å². The van der Waals surface area contributed by atoms with E-state index < -0.39 is 17.4 Å². The normalized spacial score (nSPS) is 15.8. The Morgan fingerprint density at radius 2 is 1.89 bits per heavy atom. The molecule has 188 valence electrons. The van der Waals surface area contributed by atoms with Gasteiger partial charge in [-0.15, -0.1) is 0 Å². The van der Waals surface area contributed by atoms with E-state index in [4.69, 9.17) is 9.47 Å². The Morgan fingerprint density at radius 3 is 2.44 bits per heavy atom. The maximum Gasteiger partial charge on any atom is 0.340 e. The van der Waals surface area contributed by atoms with Crippen LogP contribution < -0.4 is 4.74 Å². The number of carbonyl (C=O) groups excluding carboxylic acids is 2. The minimum absolute atomic E-state index is 0.00744. The molecule has 1 aliphatic rings. The van der Waals surface area contributed by atoms with Gasteiger partial charge < -0.3 is 19.5 Å². The summed E-state index contributed by atoms with van der Waals surface area (Å²) in [6.45, 7) is 6.00. The molecular weight excluding hydrogens is 465 g/mol. The van der Waals surface area contributed by atoms with Gasteiger partial charge in [0, 0.05) is 30.6 Å². The molecule has 1 saturated heterocycles. The van der Waals surface area contributed by atoms with Gasteiger partial charge in [0.1, 0.15) is 22.9 Å². The number of nitrogens with zero attached hydrogens (tertiary/aromatic N) is 3. The highest BCUT2D eigenvalue weighted by Gasteiger charge is 2.28. The van der Waals surface area contributed by atoms with Gasteiger partial charge in [-0.1, -0.05) is 6.92 Å². The molecule has 9 heteroatoms. The highest BCUT2D eigenvalue weighted by Crippen LogP contribution is 2.32. The van der Waals surface area contributed by atoms with E-state index in [0.717, 1.165) is 5.56 Å². The van der Waals surface area contributed by atoms with Crippen LogP contribution in [0.5, 0.6) is 11.5 Å². The van der Waals surface area contributed by atoms with Gasteiger partial charge in [0.05, 0.1) is 24.1 Å². The van der Waals surface area contributed by atoms with Crippen molar-refractivity contribution in [3.8, 4) is 22.8 Å². The highest BCUT2D eigenvalue weighted by molar-refractivity contribution is 5.90. The predicted octanol–water partition coefficient (Wildman–Crippen LogP) is 4.46. The van der Waals surface area contributed by atoms with Crippen molar-refractivity contribution in [2.75, 3.05) is 13.7 Å². The Morgan fingerprint density at radius 1 is 1.17 bits per heavy atom. The molecule has 2 aromatic carbocycles. The number of likely N-dealkylation sites (tertiary alicyclic amines) is 1. The second-order valence-corrected chi connectivity index (χ2v) is 9.50. The standard InChI is InChI=1S/C27H28FN3O5/c1-16-11-25(32)31(14-16)15-18-12-21(28)20(26(33)35-4)13-23(18)36-19-7-5-17(6-8-19)22-9-10-24(30-29-22)27(2,3)34/h5-10,12-13,16,34H,11,14-15H2,1-4H3. The third-order valence-electron chi connectivity index (χ3n) is 5.99. The summed E-state index contributed by atoms with van der Waals surface area (Å²) in [6.07, 6.45) is 0.444. The van der Waals surface area contributed by atoms with Gasteiger partial charge in [0.15, 0.2) is 0 Å². The van der Waals surface area contributed by atoms with Crippen molar-refractivity contribution in [3.63, 3.8) is 0 Å². The molecule has 0 aliphatic carbocycles. The first-order valence-electron chi connectivity index (χ1n) is 11.6. The lowest BCUT2D eigenvalue weighted by atomic mass is 10.0. The third kappa shape index (κ3) is 5.52. The molecule has 2 heterocycles. The van der Waals surface area contributed by atoms with E-state index in [1.807, 2.05) is 6.92 Å². The highest BCUT2D eigenvalue weighted by atomic mass is 19.1. The molecule has 0 radical (unpaired) electrons. The van der Waals surface area contributed by atoms with Crippen molar-refractivity contribution < 1.29 is 28.6 Å². The van der Waals surface area contributed by atoms with Crippen molar-refractivity contribution in [2.45, 2.75) is 39.3 Å². The maximum atomic E-state index is 14.7. The van der Waals surface area contributed by atoms with E-state index >= 15 is 0 Å². The summed E-state index contributed by atoms with van der Waals surface area (Å²) in [7, 11) is 1.18. The molecule has 1 amide bonds. The quantitative estimate of drug-likeness (QED) is 0.485. The largest absolute Gasteiger partial charge is 0.465 e. The maximum absolute atomic E-state index is 14.7. The van der Waals surface area contributed by atoms with E-state index in [2.05, 4.69) is 10.2 Å². The smallest absolute Gasteiger partial charge is 0.340 e. The van der Waals surface area contributed by atoms with Crippen molar-refractivity contribution >= 4 is 11.9 Å². The van der Waals surface area contributed by atoms with Crippen LogP contribution >= 0.6 is 0 Å². The molecule has 1 aromatic heterocycles. The molecule has 1 fully saturated rings. The molecule has 0 bridgehead atoms. The Kier molecular flexibility index (Phi) is 7.03. The number of aromatic nitrogens is 2. The molecule has 1 atom stereocenters. The zero-order chi connectivity index (χ0) is 26.0. The number of halogens is 1. The van der Waals surface area contributed by atoms with Gasteiger partial charge in [0.2, 0.25) is 5.91 Å². The molecule has 3 aromatic rings. The number of aliphatic hydroxyl groups is 1. The van der Waals surface area contributed by atoms with Crippen LogP contribution in [0.1, 0.15) is 48.8 Å². The second kappa shape index (κ2) is 10.0. The molecule has 36 heavy (non-hydrogen) atoms. The zero-order valence-electron chi connectivity index (χ0n) is 20.6. The average molecular weight is 494 g/mol. The van der Waals surface area contributed by atoms with Crippen LogP contribution in [0.2, 0.25) is 0 Å². The number of benzene rings is 2. The fraction of sp³-hybridized carbons (Fsp3) is 0.333. The lowest BCUT2D eigenvalue weighted by Gasteiger charge is -2.20. The summed E-state index contributed by atoms with van der Waals surface area (Å²) >= 11 is 0. The molecule has 8 nitrogen and oxygen atoms in total. The molecule has 0 spiro atoms. The first kappa shape index (κ1) is 25.2. The first-order chi connectivity index (χ1) is 17.0. The molecule has 1 N–H and O–H groups in total. The Balaban J connectivity index is 1.60. The summed E-state index contributed by atoms with van der Waals surface area (Å²) in [5, 5.41) is 18.3. The van der Waals surface area contributed by atoms with Gasteiger partial charge in [0.25, 0.3) is 0 Å². The van der Waals surface area contributed by atoms with Crippen molar-refractivity contribution in [2.24, 2.45) is 5.92 Å². The fourth-order valence-electron chi connectivity index (χ4n) is 4.04. The number of hydrogen-bond acceptors (Lipinski definition) is 7. The number of methoxy groups -OCH3 is 1. The fourth-order valence-corrected chi connectivity index (χ4v) is 4.04. The van der Waals surface area contributed by atoms with E-state index in [-0.39, 0.29) is 29.7 Å². The van der Waals surface area contributed by atoms with E-state index in [9.17, 15) is 19.1 Å². The van der Waals surface area contributed by atoms with Gasteiger partial charge in [-0.05, 0) is 68.3 Å². The molecule has 0 saturated carbocycles. The van der Waals surface area contributed by atoms with E-state index in [1.54, 1.807) is 55.1 Å². The third-order valence-corrected chi connectivity index (χ3v) is 5.99. The van der Waals surface area contributed by atoms with Crippen LogP contribution in [0, 0.1) is 11.7 Å². The Hall–Kier alpha value is -3.85. The van der Waals surface area contributed by atoms with E-state index in [1.165, 1.54) is 19.2 Å². The monoisotopic (exact) mass is 493 g/mol. The lowest BCUT2D eigenvalue weighted by molar-refractivity contribution is -0.128. The van der Waals surface area contributed by atoms with Crippen LogP contribution in [-0.2, 0) is 21.7 Å². The Bertz CT molecular complexity index is 1270. The Labute approximate surface area is 208 Å². The topological polar surface area (TPSA) is 102 Å². The minimum Gasteiger partial charge on any atom is -0.465 e. The second-order valence-electron chi connectivity index (χ2n) is 9.50. The number of ether oxygens (including phenoxy) is 2. The lowest BCUT2D eigenvalue weighted by Crippen LogP contribution is -2.25. The molecular formula is C27H28FN3O5. The van der Waals surface area contributed by atoms with Crippen LogP contribution in [0.3, 0.4) is 0 Å². The zero-order valence-corrected chi connectivity index (χ0v) is 20.6. The summed E-state index contributed by atoms with van der Waals surface area (Å²) in [6, 6.07) is 13.0. The van der Waals surface area contributed by atoms with Gasteiger partial charge >= 0.3 is 5.97 Å². The van der Waals surface area contributed by atoms with Crippen LogP contribution in [0.15, 0.2) is 48.5 Å².